The lowest BCUT2D eigenvalue weighted by atomic mass is 10.0. The Bertz CT molecular complexity index is 764. The number of halogens is 1. The second-order valence-electron chi connectivity index (χ2n) is 4.70. The number of ketones is 1. The zero-order chi connectivity index (χ0) is 14.3. The van der Waals surface area contributed by atoms with Crippen LogP contribution in [0, 0.1) is 12.7 Å². The largest absolute Gasteiger partial charge is 0.338 e. The van der Waals surface area contributed by atoms with Crippen LogP contribution in [0.25, 0.3) is 10.9 Å². The molecule has 0 bridgehead atoms. The van der Waals surface area contributed by atoms with Gasteiger partial charge in [-0.25, -0.2) is 4.39 Å². The van der Waals surface area contributed by atoms with Gasteiger partial charge in [-0.15, -0.1) is 0 Å². The van der Waals surface area contributed by atoms with Gasteiger partial charge in [0.05, 0.1) is 5.52 Å². The zero-order valence-corrected chi connectivity index (χ0v) is 10.9. The lowest BCUT2D eigenvalue weighted by Crippen LogP contribution is -2.17. The van der Waals surface area contributed by atoms with Crippen LogP contribution in [0.4, 0.5) is 4.39 Å². The standard InChI is InChI=1S/C16H13FN2O/c1-10-13-4-2-3-5-14(13)19(18)15(10)16(20)11-6-8-12(17)9-7-11/h2-9H,18H2,1H3. The molecule has 0 atom stereocenters. The molecule has 0 fully saturated rings. The molecule has 0 saturated carbocycles. The van der Waals surface area contributed by atoms with Gasteiger partial charge in [0.1, 0.15) is 11.5 Å². The van der Waals surface area contributed by atoms with Crippen LogP contribution >= 0.6 is 0 Å². The van der Waals surface area contributed by atoms with Crippen LogP contribution in [0.2, 0.25) is 0 Å². The molecule has 2 N–H and O–H groups in total. The first-order valence-corrected chi connectivity index (χ1v) is 6.25. The van der Waals surface area contributed by atoms with Gasteiger partial charge in [-0.05, 0) is 42.8 Å². The van der Waals surface area contributed by atoms with E-state index in [1.54, 1.807) is 0 Å². The molecule has 100 valence electrons. The van der Waals surface area contributed by atoms with Crippen molar-refractivity contribution >= 4 is 16.7 Å². The summed E-state index contributed by atoms with van der Waals surface area (Å²) in [5, 5.41) is 0.945. The summed E-state index contributed by atoms with van der Waals surface area (Å²) in [6.07, 6.45) is 0. The summed E-state index contributed by atoms with van der Waals surface area (Å²) in [5.41, 5.74) is 2.48. The first-order chi connectivity index (χ1) is 9.59. The predicted octanol–water partition coefficient (Wildman–Crippen LogP) is 3.03. The van der Waals surface area contributed by atoms with Crippen molar-refractivity contribution in [2.45, 2.75) is 6.92 Å². The quantitative estimate of drug-likeness (QED) is 0.573. The molecule has 0 radical (unpaired) electrons. The van der Waals surface area contributed by atoms with Crippen LogP contribution in [0.3, 0.4) is 0 Å². The molecule has 0 saturated heterocycles. The number of nitrogen functional groups attached to an aromatic ring is 1. The third-order valence-electron chi connectivity index (χ3n) is 3.49. The van der Waals surface area contributed by atoms with Gasteiger partial charge >= 0.3 is 0 Å². The third-order valence-corrected chi connectivity index (χ3v) is 3.49. The summed E-state index contributed by atoms with van der Waals surface area (Å²) >= 11 is 0. The average molecular weight is 268 g/mol. The molecule has 3 aromatic rings. The highest BCUT2D eigenvalue weighted by molar-refractivity contribution is 6.12. The number of nitrogens with zero attached hydrogens (tertiary/aromatic N) is 1. The Morgan fingerprint density at radius 2 is 1.75 bits per heavy atom. The maximum Gasteiger partial charge on any atom is 0.211 e. The lowest BCUT2D eigenvalue weighted by molar-refractivity contribution is 0.103. The molecule has 4 heteroatoms. The van der Waals surface area contributed by atoms with E-state index in [0.29, 0.717) is 11.3 Å². The smallest absolute Gasteiger partial charge is 0.211 e. The van der Waals surface area contributed by atoms with Gasteiger partial charge < -0.3 is 5.84 Å². The molecule has 0 aliphatic carbocycles. The van der Waals surface area contributed by atoms with Crippen molar-refractivity contribution in [3.8, 4) is 0 Å². The van der Waals surface area contributed by atoms with E-state index < -0.39 is 0 Å². The van der Waals surface area contributed by atoms with Gasteiger partial charge in [-0.3, -0.25) is 9.47 Å². The molecule has 20 heavy (non-hydrogen) atoms. The fraction of sp³-hybridized carbons (Fsp3) is 0.0625. The number of hydrogen-bond donors (Lipinski definition) is 1. The number of para-hydroxylation sites is 1. The van der Waals surface area contributed by atoms with Gasteiger partial charge in [0.25, 0.3) is 0 Å². The number of carbonyl (C=O) groups excluding carboxylic acids is 1. The highest BCUT2D eigenvalue weighted by Crippen LogP contribution is 2.25. The molecular formula is C16H13FN2O. The minimum Gasteiger partial charge on any atom is -0.338 e. The SMILES string of the molecule is Cc1c(C(=O)c2ccc(F)cc2)n(N)c2ccccc12. The maximum atomic E-state index is 12.9. The van der Waals surface area contributed by atoms with E-state index in [1.807, 2.05) is 31.2 Å². The Balaban J connectivity index is 2.19. The molecule has 3 rings (SSSR count). The number of nitrogens with two attached hydrogens (primary N) is 1. The third kappa shape index (κ3) is 1.77. The molecule has 0 aliphatic rings. The number of carbonyl (C=O) groups is 1. The topological polar surface area (TPSA) is 48.0 Å². The van der Waals surface area contributed by atoms with Crippen LogP contribution < -0.4 is 5.84 Å². The Morgan fingerprint density at radius 1 is 1.10 bits per heavy atom. The molecule has 1 aromatic heterocycles. The second-order valence-corrected chi connectivity index (χ2v) is 4.70. The van der Waals surface area contributed by atoms with Crippen molar-refractivity contribution in [3.05, 3.63) is 71.2 Å². The molecule has 1 heterocycles. The maximum absolute atomic E-state index is 12.9. The fourth-order valence-electron chi connectivity index (χ4n) is 2.45. The van der Waals surface area contributed by atoms with E-state index in [0.717, 1.165) is 16.5 Å². The molecule has 3 nitrogen and oxygen atoms in total. The first-order valence-electron chi connectivity index (χ1n) is 6.25. The van der Waals surface area contributed by atoms with Crippen molar-refractivity contribution in [3.63, 3.8) is 0 Å². The van der Waals surface area contributed by atoms with Gasteiger partial charge in [-0.2, -0.15) is 0 Å². The van der Waals surface area contributed by atoms with E-state index in [1.165, 1.54) is 28.9 Å². The van der Waals surface area contributed by atoms with Crippen molar-refractivity contribution < 1.29 is 9.18 Å². The molecule has 0 aliphatic heterocycles. The monoisotopic (exact) mass is 268 g/mol. The van der Waals surface area contributed by atoms with E-state index >= 15 is 0 Å². The van der Waals surface area contributed by atoms with Crippen LogP contribution in [0.15, 0.2) is 48.5 Å². The predicted molar refractivity (Wildman–Crippen MR) is 76.7 cm³/mol. The molecular weight excluding hydrogens is 255 g/mol. The van der Waals surface area contributed by atoms with Crippen molar-refractivity contribution in [1.82, 2.24) is 4.68 Å². The van der Waals surface area contributed by atoms with Crippen molar-refractivity contribution in [2.24, 2.45) is 0 Å². The summed E-state index contributed by atoms with van der Waals surface area (Å²) < 4.78 is 14.3. The van der Waals surface area contributed by atoms with Crippen LogP contribution in [0.1, 0.15) is 21.6 Å². The number of benzene rings is 2. The Kier molecular flexibility index (Phi) is 2.79. The van der Waals surface area contributed by atoms with E-state index in [4.69, 9.17) is 5.84 Å². The molecule has 0 spiro atoms. The minimum absolute atomic E-state index is 0.207. The summed E-state index contributed by atoms with van der Waals surface area (Å²) in [6, 6.07) is 13.0. The minimum atomic E-state index is -0.369. The van der Waals surface area contributed by atoms with Crippen LogP contribution in [-0.2, 0) is 0 Å². The summed E-state index contributed by atoms with van der Waals surface area (Å²) in [7, 11) is 0. The number of hydrogen-bond acceptors (Lipinski definition) is 2. The van der Waals surface area contributed by atoms with E-state index in [2.05, 4.69) is 0 Å². The number of aryl methyl sites for hydroxylation is 1. The first kappa shape index (κ1) is 12.4. The summed E-state index contributed by atoms with van der Waals surface area (Å²) in [5.74, 6) is 5.45. The average Bonchev–Trinajstić information content (AvgIpc) is 2.72. The van der Waals surface area contributed by atoms with E-state index in [9.17, 15) is 9.18 Å². The number of rotatable bonds is 2. The number of fused-ring (bicyclic) bond motifs is 1. The van der Waals surface area contributed by atoms with E-state index in [-0.39, 0.29) is 11.6 Å². The van der Waals surface area contributed by atoms with Crippen molar-refractivity contribution in [2.75, 3.05) is 5.84 Å². The highest BCUT2D eigenvalue weighted by atomic mass is 19.1. The van der Waals surface area contributed by atoms with Gasteiger partial charge in [0.2, 0.25) is 5.78 Å². The second kappa shape index (κ2) is 4.49. The summed E-state index contributed by atoms with van der Waals surface area (Å²) in [4.78, 5) is 12.5. The van der Waals surface area contributed by atoms with Gasteiger partial charge in [0, 0.05) is 10.9 Å². The molecule has 0 amide bonds. The zero-order valence-electron chi connectivity index (χ0n) is 10.9. The number of aromatic nitrogens is 1. The Hall–Kier alpha value is -2.62. The summed E-state index contributed by atoms with van der Waals surface area (Å²) in [6.45, 7) is 1.86. The molecule has 2 aromatic carbocycles. The van der Waals surface area contributed by atoms with Crippen LogP contribution in [0.5, 0.6) is 0 Å². The normalized spacial score (nSPS) is 10.9. The van der Waals surface area contributed by atoms with Crippen LogP contribution in [-0.4, -0.2) is 10.5 Å². The molecule has 0 unspecified atom stereocenters. The highest BCUT2D eigenvalue weighted by Gasteiger charge is 2.20. The fourth-order valence-corrected chi connectivity index (χ4v) is 2.45. The Labute approximate surface area is 115 Å². The van der Waals surface area contributed by atoms with Crippen molar-refractivity contribution in [1.29, 1.82) is 0 Å². The Morgan fingerprint density at radius 3 is 2.40 bits per heavy atom. The lowest BCUT2D eigenvalue weighted by Gasteiger charge is -2.05. The van der Waals surface area contributed by atoms with Gasteiger partial charge in [0.15, 0.2) is 0 Å². The van der Waals surface area contributed by atoms with Gasteiger partial charge in [-0.1, -0.05) is 18.2 Å².